The van der Waals surface area contributed by atoms with Gasteiger partial charge in [0.25, 0.3) is 0 Å². The van der Waals surface area contributed by atoms with Gasteiger partial charge in [-0.3, -0.25) is 0 Å². The molecule has 0 heterocycles. The van der Waals surface area contributed by atoms with Crippen LogP contribution in [-0.4, -0.2) is 13.7 Å². The van der Waals surface area contributed by atoms with Crippen LogP contribution >= 0.6 is 0 Å². The molecule has 2 rings (SSSR count). The van der Waals surface area contributed by atoms with E-state index in [0.29, 0.717) is 13.2 Å². The molecule has 0 fully saturated rings. The molecule has 0 saturated carbocycles. The fourth-order valence-corrected chi connectivity index (χ4v) is 2.32. The highest BCUT2D eigenvalue weighted by molar-refractivity contribution is 5.54. The number of ether oxygens (including phenoxy) is 2. The van der Waals surface area contributed by atoms with Gasteiger partial charge < -0.3 is 14.8 Å². The number of nitrogens with one attached hydrogen (secondary N) is 1. The second-order valence-corrected chi connectivity index (χ2v) is 5.05. The smallest absolute Gasteiger partial charge is 0.165 e. The predicted octanol–water partition coefficient (Wildman–Crippen LogP) is 4.32. The summed E-state index contributed by atoms with van der Waals surface area (Å²) in [6.45, 7) is 7.51. The van der Waals surface area contributed by atoms with Crippen LogP contribution in [0.15, 0.2) is 36.4 Å². The van der Waals surface area contributed by atoms with E-state index < -0.39 is 0 Å². The van der Waals surface area contributed by atoms with Crippen LogP contribution in [0.1, 0.15) is 23.6 Å². The molecule has 3 heteroatoms. The third-order valence-electron chi connectivity index (χ3n) is 3.43. The average Bonchev–Trinajstić information content (AvgIpc) is 2.48. The normalized spacial score (nSPS) is 10.3. The molecule has 0 aliphatic carbocycles. The van der Waals surface area contributed by atoms with Crippen LogP contribution in [0, 0.1) is 13.8 Å². The second kappa shape index (κ2) is 7.02. The minimum Gasteiger partial charge on any atom is -0.493 e. The zero-order valence-corrected chi connectivity index (χ0v) is 13.2. The van der Waals surface area contributed by atoms with E-state index in [1.807, 2.05) is 19.1 Å². The summed E-state index contributed by atoms with van der Waals surface area (Å²) in [7, 11) is 1.68. The molecular weight excluding hydrogens is 262 g/mol. The van der Waals surface area contributed by atoms with Gasteiger partial charge in [-0.1, -0.05) is 24.3 Å². The standard InChI is InChI=1S/C18H23NO2/c1-5-21-17-8-6-7-15(18(17)20-4)12-19-16-11-13(2)9-10-14(16)3/h6-11,19H,5,12H2,1-4H3. The van der Waals surface area contributed by atoms with E-state index in [4.69, 9.17) is 9.47 Å². The molecule has 0 aliphatic rings. The van der Waals surface area contributed by atoms with Crippen molar-refractivity contribution in [3.8, 4) is 11.5 Å². The van der Waals surface area contributed by atoms with Gasteiger partial charge in [0.05, 0.1) is 13.7 Å². The van der Waals surface area contributed by atoms with Crippen LogP contribution in [0.4, 0.5) is 5.69 Å². The van der Waals surface area contributed by atoms with Crippen LogP contribution in [0.25, 0.3) is 0 Å². The van der Waals surface area contributed by atoms with Crippen molar-refractivity contribution in [2.45, 2.75) is 27.3 Å². The van der Waals surface area contributed by atoms with E-state index in [-0.39, 0.29) is 0 Å². The van der Waals surface area contributed by atoms with E-state index >= 15 is 0 Å². The van der Waals surface area contributed by atoms with Crippen molar-refractivity contribution < 1.29 is 9.47 Å². The van der Waals surface area contributed by atoms with Crippen LogP contribution in [0.3, 0.4) is 0 Å². The van der Waals surface area contributed by atoms with Gasteiger partial charge in [0, 0.05) is 17.8 Å². The molecule has 0 bridgehead atoms. The molecule has 0 aliphatic heterocycles. The summed E-state index contributed by atoms with van der Waals surface area (Å²) in [6.07, 6.45) is 0. The van der Waals surface area contributed by atoms with Gasteiger partial charge in [-0.05, 0) is 44.0 Å². The molecule has 0 spiro atoms. The molecule has 0 aromatic heterocycles. The Bertz CT molecular complexity index is 608. The van der Waals surface area contributed by atoms with Gasteiger partial charge in [-0.25, -0.2) is 0 Å². The fourth-order valence-electron chi connectivity index (χ4n) is 2.32. The number of benzene rings is 2. The summed E-state index contributed by atoms with van der Waals surface area (Å²) >= 11 is 0. The molecule has 3 nitrogen and oxygen atoms in total. The summed E-state index contributed by atoms with van der Waals surface area (Å²) in [6, 6.07) is 12.4. The van der Waals surface area contributed by atoms with E-state index in [2.05, 4.69) is 43.4 Å². The molecule has 0 radical (unpaired) electrons. The first-order valence-electron chi connectivity index (χ1n) is 7.25. The quantitative estimate of drug-likeness (QED) is 0.857. The summed E-state index contributed by atoms with van der Waals surface area (Å²) in [5.41, 5.74) is 4.72. The van der Waals surface area contributed by atoms with Crippen molar-refractivity contribution in [1.82, 2.24) is 0 Å². The lowest BCUT2D eigenvalue weighted by Crippen LogP contribution is -2.05. The molecule has 112 valence electrons. The molecule has 21 heavy (non-hydrogen) atoms. The molecule has 0 saturated heterocycles. The Kier molecular flexibility index (Phi) is 5.09. The lowest BCUT2D eigenvalue weighted by Gasteiger charge is -2.15. The minimum absolute atomic E-state index is 0.629. The van der Waals surface area contributed by atoms with Gasteiger partial charge in [-0.15, -0.1) is 0 Å². The van der Waals surface area contributed by atoms with E-state index in [9.17, 15) is 0 Å². The van der Waals surface area contributed by atoms with Crippen LogP contribution < -0.4 is 14.8 Å². The maximum absolute atomic E-state index is 5.61. The van der Waals surface area contributed by atoms with Crippen molar-refractivity contribution in [1.29, 1.82) is 0 Å². The lowest BCUT2D eigenvalue weighted by molar-refractivity contribution is 0.309. The Labute approximate surface area is 126 Å². The third kappa shape index (κ3) is 3.69. The number of rotatable bonds is 6. The Morgan fingerprint density at radius 3 is 2.62 bits per heavy atom. The molecule has 0 atom stereocenters. The maximum Gasteiger partial charge on any atom is 0.165 e. The Hall–Kier alpha value is -2.16. The highest BCUT2D eigenvalue weighted by atomic mass is 16.5. The molecule has 0 amide bonds. The number of methoxy groups -OCH3 is 1. The highest BCUT2D eigenvalue weighted by Gasteiger charge is 2.10. The zero-order valence-electron chi connectivity index (χ0n) is 13.2. The molecule has 1 N–H and O–H groups in total. The summed E-state index contributed by atoms with van der Waals surface area (Å²) in [5.74, 6) is 1.59. The number of hydrogen-bond donors (Lipinski definition) is 1. The SMILES string of the molecule is CCOc1cccc(CNc2cc(C)ccc2C)c1OC. The number of hydrogen-bond acceptors (Lipinski definition) is 3. The van der Waals surface area contributed by atoms with Gasteiger partial charge in [0.1, 0.15) is 0 Å². The summed E-state index contributed by atoms with van der Waals surface area (Å²) in [5, 5.41) is 3.48. The monoisotopic (exact) mass is 285 g/mol. The molecular formula is C18H23NO2. The predicted molar refractivity (Wildman–Crippen MR) is 87.4 cm³/mol. The van der Waals surface area contributed by atoms with Gasteiger partial charge in [0.15, 0.2) is 11.5 Å². The van der Waals surface area contributed by atoms with Crippen molar-refractivity contribution in [2.24, 2.45) is 0 Å². The first kappa shape index (κ1) is 15.2. The van der Waals surface area contributed by atoms with Crippen molar-refractivity contribution in [3.05, 3.63) is 53.1 Å². The Morgan fingerprint density at radius 2 is 1.90 bits per heavy atom. The van der Waals surface area contributed by atoms with E-state index in [1.54, 1.807) is 7.11 Å². The third-order valence-corrected chi connectivity index (χ3v) is 3.43. The lowest BCUT2D eigenvalue weighted by atomic mass is 10.1. The van der Waals surface area contributed by atoms with Crippen molar-refractivity contribution in [3.63, 3.8) is 0 Å². The van der Waals surface area contributed by atoms with Crippen LogP contribution in [0.5, 0.6) is 11.5 Å². The Morgan fingerprint density at radius 1 is 1.10 bits per heavy atom. The topological polar surface area (TPSA) is 30.5 Å². The summed E-state index contributed by atoms with van der Waals surface area (Å²) < 4.78 is 11.1. The van der Waals surface area contributed by atoms with Gasteiger partial charge >= 0.3 is 0 Å². The average molecular weight is 285 g/mol. The second-order valence-electron chi connectivity index (χ2n) is 5.05. The molecule has 2 aromatic carbocycles. The number of aryl methyl sites for hydroxylation is 2. The molecule has 0 unspecified atom stereocenters. The van der Waals surface area contributed by atoms with Crippen LogP contribution in [-0.2, 0) is 6.54 Å². The van der Waals surface area contributed by atoms with Crippen molar-refractivity contribution in [2.75, 3.05) is 19.0 Å². The largest absolute Gasteiger partial charge is 0.493 e. The minimum atomic E-state index is 0.629. The first-order valence-corrected chi connectivity index (χ1v) is 7.25. The fraction of sp³-hybridized carbons (Fsp3) is 0.333. The van der Waals surface area contributed by atoms with Gasteiger partial charge in [0.2, 0.25) is 0 Å². The van der Waals surface area contributed by atoms with E-state index in [1.165, 1.54) is 11.1 Å². The maximum atomic E-state index is 5.61. The number of para-hydroxylation sites is 1. The molecule has 2 aromatic rings. The first-order chi connectivity index (χ1) is 10.2. The summed E-state index contributed by atoms with van der Waals surface area (Å²) in [4.78, 5) is 0. The highest BCUT2D eigenvalue weighted by Crippen LogP contribution is 2.31. The zero-order chi connectivity index (χ0) is 15.2. The van der Waals surface area contributed by atoms with E-state index in [0.717, 1.165) is 22.7 Å². The van der Waals surface area contributed by atoms with Crippen LogP contribution in [0.2, 0.25) is 0 Å². The Balaban J connectivity index is 2.19. The van der Waals surface area contributed by atoms with Gasteiger partial charge in [-0.2, -0.15) is 0 Å². The number of anilines is 1. The van der Waals surface area contributed by atoms with Crippen molar-refractivity contribution >= 4 is 5.69 Å².